The molecule has 1 unspecified atom stereocenters. The molecule has 0 spiro atoms. The summed E-state index contributed by atoms with van der Waals surface area (Å²) in [6, 6.07) is 10.8. The molecule has 2 aliphatic heterocycles. The first-order chi connectivity index (χ1) is 19.0. The summed E-state index contributed by atoms with van der Waals surface area (Å²) in [5, 5.41) is 32.4. The minimum Gasteiger partial charge on any atom is -0.443 e. The van der Waals surface area contributed by atoms with E-state index in [2.05, 4.69) is 10.3 Å². The molecule has 2 aromatic rings. The van der Waals surface area contributed by atoms with Crippen LogP contribution < -0.4 is 10.8 Å². The predicted molar refractivity (Wildman–Crippen MR) is 145 cm³/mol. The number of hydrogen-bond donors (Lipinski definition) is 4. The van der Waals surface area contributed by atoms with Gasteiger partial charge >= 0.3 is 13.2 Å². The monoisotopic (exact) mass is 577 g/mol. The molecule has 2 aliphatic rings. The van der Waals surface area contributed by atoms with E-state index < -0.39 is 41.5 Å². The first-order valence-electron chi connectivity index (χ1n) is 13.3. The van der Waals surface area contributed by atoms with Crippen molar-refractivity contribution in [3.8, 4) is 0 Å². The van der Waals surface area contributed by atoms with E-state index in [0.29, 0.717) is 13.0 Å². The number of ether oxygens (including phenoxy) is 3. The van der Waals surface area contributed by atoms with Gasteiger partial charge in [0.25, 0.3) is 10.0 Å². The fourth-order valence-electron chi connectivity index (χ4n) is 4.86. The summed E-state index contributed by atoms with van der Waals surface area (Å²) in [6.45, 7) is 4.19. The molecule has 2 fully saturated rings. The van der Waals surface area contributed by atoms with Gasteiger partial charge in [-0.15, -0.1) is 0 Å². The Balaban J connectivity index is 1.51. The number of nitrogens with zero attached hydrogens (tertiary/aromatic N) is 2. The molecule has 0 radical (unpaired) electrons. The highest BCUT2D eigenvalue weighted by Gasteiger charge is 2.44. The molecule has 2 saturated heterocycles. The normalized spacial score (nSPS) is 22.2. The van der Waals surface area contributed by atoms with Gasteiger partial charge in [-0.1, -0.05) is 50.2 Å². The Morgan fingerprint density at radius 2 is 1.93 bits per heavy atom. The molecule has 1 aromatic carbocycles. The number of fused-ring (bicyclic) bond motifs is 1. The Bertz CT molecular complexity index is 1220. The first kappa shape index (κ1) is 30.4. The summed E-state index contributed by atoms with van der Waals surface area (Å²) < 4.78 is 44.8. The average Bonchev–Trinajstić information content (AvgIpc) is 3.53. The van der Waals surface area contributed by atoms with Gasteiger partial charge in [0, 0.05) is 24.7 Å². The number of hydrogen-bond acceptors (Lipinski definition) is 10. The van der Waals surface area contributed by atoms with Crippen LogP contribution in [0.2, 0.25) is 0 Å². The first-order valence-corrected chi connectivity index (χ1v) is 14.7. The van der Waals surface area contributed by atoms with E-state index in [9.17, 15) is 28.4 Å². The molecule has 1 amide bonds. The summed E-state index contributed by atoms with van der Waals surface area (Å²) in [5.74, 6) is -0.143. The molecular formula is C26H36BN3O9S. The second-order valence-corrected chi connectivity index (χ2v) is 12.4. The minimum atomic E-state index is -4.17. The second kappa shape index (κ2) is 13.4. The minimum absolute atomic E-state index is 0.0446. The van der Waals surface area contributed by atoms with Crippen molar-refractivity contribution in [1.82, 2.24) is 14.6 Å². The topological polar surface area (TPSA) is 168 Å². The highest BCUT2D eigenvalue weighted by atomic mass is 32.2. The van der Waals surface area contributed by atoms with Gasteiger partial charge in [-0.25, -0.2) is 18.2 Å². The van der Waals surface area contributed by atoms with Gasteiger partial charge in [-0.2, -0.15) is 4.31 Å². The molecule has 4 N–H and O–H groups in total. The third-order valence-corrected chi connectivity index (χ3v) is 8.68. The third-order valence-electron chi connectivity index (χ3n) is 6.93. The van der Waals surface area contributed by atoms with Crippen LogP contribution in [0.3, 0.4) is 0 Å². The van der Waals surface area contributed by atoms with Crippen LogP contribution in [-0.4, -0.2) is 96.9 Å². The van der Waals surface area contributed by atoms with Crippen LogP contribution in [0.5, 0.6) is 0 Å². The van der Waals surface area contributed by atoms with Gasteiger partial charge in [-0.3, -0.25) is 0 Å². The molecule has 0 aliphatic carbocycles. The Hall–Kier alpha value is -2.59. The van der Waals surface area contributed by atoms with Crippen molar-refractivity contribution in [2.75, 3.05) is 26.3 Å². The van der Waals surface area contributed by atoms with E-state index in [0.717, 1.165) is 16.1 Å². The summed E-state index contributed by atoms with van der Waals surface area (Å²) in [4.78, 5) is 16.8. The van der Waals surface area contributed by atoms with Gasteiger partial charge in [0.05, 0.1) is 31.3 Å². The number of pyridine rings is 1. The van der Waals surface area contributed by atoms with Crippen molar-refractivity contribution in [1.29, 1.82) is 0 Å². The van der Waals surface area contributed by atoms with Gasteiger partial charge in [0.2, 0.25) is 0 Å². The predicted octanol–water partition coefficient (Wildman–Crippen LogP) is -0.132. The maximum atomic E-state index is 13.5. The zero-order valence-electron chi connectivity index (χ0n) is 22.5. The number of aliphatic hydroxyl groups excluding tert-OH is 1. The van der Waals surface area contributed by atoms with Crippen LogP contribution in [0.4, 0.5) is 4.79 Å². The van der Waals surface area contributed by atoms with Crippen LogP contribution in [0.1, 0.15) is 25.8 Å². The van der Waals surface area contributed by atoms with Crippen molar-refractivity contribution < 1.29 is 42.6 Å². The van der Waals surface area contributed by atoms with Crippen molar-refractivity contribution in [3.05, 3.63) is 54.2 Å². The standard InChI is InChI=1S/C26H36BN3O9S/c1-17(2)14-30(40(35,36)24-9-8-19(13-28-24)27(33)34)15-22(31)21(12-18-6-4-3-5-7-18)29-26(32)39-23-16-38-25-20(23)10-11-37-25/h3-9,13,17,20-23,25,31,33-34H,10-12,14-16H2,1-2H3,(H,29,32)/t20-,21?,22+,23-,25+/m0/s1. The lowest BCUT2D eigenvalue weighted by atomic mass is 9.82. The number of carbonyl (C=O) groups excluding carboxylic acids is 1. The van der Waals surface area contributed by atoms with Gasteiger partial charge in [0.1, 0.15) is 6.10 Å². The molecule has 14 heteroatoms. The van der Waals surface area contributed by atoms with Crippen LogP contribution in [-0.2, 0) is 30.7 Å². The molecule has 3 heterocycles. The van der Waals surface area contributed by atoms with Crippen LogP contribution in [0.25, 0.3) is 0 Å². The van der Waals surface area contributed by atoms with Crippen LogP contribution >= 0.6 is 0 Å². The van der Waals surface area contributed by atoms with Crippen LogP contribution in [0.15, 0.2) is 53.7 Å². The number of nitrogens with one attached hydrogen (secondary N) is 1. The highest BCUT2D eigenvalue weighted by molar-refractivity contribution is 7.89. The van der Waals surface area contributed by atoms with Gasteiger partial charge < -0.3 is 34.7 Å². The smallest absolute Gasteiger partial charge is 0.443 e. The maximum Gasteiger partial charge on any atom is 0.490 e. The number of amides is 1. The molecule has 0 saturated carbocycles. The van der Waals surface area contributed by atoms with Crippen molar-refractivity contribution in [2.45, 2.75) is 56.3 Å². The van der Waals surface area contributed by atoms with Crippen LogP contribution in [0, 0.1) is 11.8 Å². The van der Waals surface area contributed by atoms with Crippen molar-refractivity contribution in [2.24, 2.45) is 11.8 Å². The number of rotatable bonds is 12. The zero-order valence-corrected chi connectivity index (χ0v) is 23.3. The number of carbonyl (C=O) groups is 1. The second-order valence-electron chi connectivity index (χ2n) is 10.5. The lowest BCUT2D eigenvalue weighted by molar-refractivity contribution is -0.0907. The van der Waals surface area contributed by atoms with E-state index in [1.807, 2.05) is 44.2 Å². The summed E-state index contributed by atoms with van der Waals surface area (Å²) in [6.07, 6.45) is -0.893. The molecular weight excluding hydrogens is 541 g/mol. The summed E-state index contributed by atoms with van der Waals surface area (Å²) in [5.41, 5.74) is 0.876. The van der Waals surface area contributed by atoms with Crippen molar-refractivity contribution >= 4 is 28.7 Å². The quantitative estimate of drug-likeness (QED) is 0.250. The fraction of sp³-hybridized carbons (Fsp3) is 0.538. The third kappa shape index (κ3) is 7.57. The molecule has 40 heavy (non-hydrogen) atoms. The fourth-order valence-corrected chi connectivity index (χ4v) is 6.40. The number of alkyl carbamates (subject to hydrolysis) is 1. The maximum absolute atomic E-state index is 13.5. The molecule has 1 aromatic heterocycles. The molecule has 0 bridgehead atoms. The SMILES string of the molecule is CC(C)CN(C[C@@H](O)C(Cc1ccccc1)NC(=O)O[C@H]1CO[C@H]2OCC[C@H]21)S(=O)(=O)c1ccc(B(O)O)cn1. The Labute approximate surface area is 234 Å². The highest BCUT2D eigenvalue weighted by Crippen LogP contribution is 2.33. The van der Waals surface area contributed by atoms with Crippen molar-refractivity contribution in [3.63, 3.8) is 0 Å². The Morgan fingerprint density at radius 3 is 2.58 bits per heavy atom. The van der Waals surface area contributed by atoms with E-state index in [-0.39, 0.29) is 54.7 Å². The Kier molecular flexibility index (Phi) is 10.2. The van der Waals surface area contributed by atoms with E-state index in [1.165, 1.54) is 12.1 Å². The lowest BCUT2D eigenvalue weighted by Crippen LogP contribution is -2.51. The summed E-state index contributed by atoms with van der Waals surface area (Å²) >= 11 is 0. The Morgan fingerprint density at radius 1 is 1.18 bits per heavy atom. The van der Waals surface area contributed by atoms with Gasteiger partial charge in [0.15, 0.2) is 11.3 Å². The number of aliphatic hydroxyl groups is 1. The number of sulfonamides is 1. The van der Waals surface area contributed by atoms with E-state index in [1.54, 1.807) is 0 Å². The van der Waals surface area contributed by atoms with E-state index >= 15 is 0 Å². The zero-order chi connectivity index (χ0) is 28.9. The van der Waals surface area contributed by atoms with E-state index in [4.69, 9.17) is 14.2 Å². The molecule has 5 atom stereocenters. The number of benzene rings is 1. The lowest BCUT2D eigenvalue weighted by Gasteiger charge is -2.30. The average molecular weight is 577 g/mol. The largest absolute Gasteiger partial charge is 0.490 e. The van der Waals surface area contributed by atoms with Gasteiger partial charge in [-0.05, 0) is 30.4 Å². The molecule has 4 rings (SSSR count). The number of aromatic nitrogens is 1. The summed E-state index contributed by atoms with van der Waals surface area (Å²) in [7, 11) is -5.96. The molecule has 218 valence electrons. The molecule has 12 nitrogen and oxygen atoms in total.